The number of nitrogens with two attached hydrogens (primary N) is 2. The maximum atomic E-state index is 14.7. The first kappa shape index (κ1) is 109. The van der Waals surface area contributed by atoms with E-state index in [2.05, 4.69) is 40.1 Å². The predicted molar refractivity (Wildman–Crippen MR) is 500 cm³/mol. The molecule has 1 saturated carbocycles. The van der Waals surface area contributed by atoms with Crippen molar-refractivity contribution < 1.29 is 114 Å². The van der Waals surface area contributed by atoms with E-state index in [4.69, 9.17) is 92.0 Å². The molecule has 132 heavy (non-hydrogen) atoms. The fourth-order valence-electron chi connectivity index (χ4n) is 17.6. The average molecular weight is 1850 g/mol. The minimum atomic E-state index is -2.42. The first-order valence-electron chi connectivity index (χ1n) is 47.4. The minimum absolute atomic E-state index is 0.0343. The van der Waals surface area contributed by atoms with E-state index in [1.807, 2.05) is 113 Å². The van der Waals surface area contributed by atoms with Gasteiger partial charge < -0.3 is 107 Å². The Balaban J connectivity index is 0.000000300. The van der Waals surface area contributed by atoms with Gasteiger partial charge in [-0.1, -0.05) is 96.2 Å². The molecule has 1 aliphatic carbocycles. The van der Waals surface area contributed by atoms with Gasteiger partial charge in [0, 0.05) is 124 Å². The summed E-state index contributed by atoms with van der Waals surface area (Å²) >= 11 is 0. The Labute approximate surface area is 779 Å². The number of hydrogen-bond donors (Lipinski definition) is 4. The van der Waals surface area contributed by atoms with Crippen molar-refractivity contribution in [2.75, 3.05) is 159 Å². The number of ketones is 2. The molecule has 0 radical (unpaired) electrons. The van der Waals surface area contributed by atoms with Crippen molar-refractivity contribution in [3.05, 3.63) is 107 Å². The number of methoxy groups -OCH3 is 5. The van der Waals surface area contributed by atoms with E-state index in [9.17, 15) is 39.0 Å². The molecule has 736 valence electrons. The molecule has 5 aliphatic rings. The van der Waals surface area contributed by atoms with Crippen LogP contribution in [0.3, 0.4) is 0 Å². The molecule has 2 amide bonds. The second-order valence-electron chi connectivity index (χ2n) is 35.1. The molecule has 2 aromatic carbocycles. The Bertz CT molecular complexity index is 4460. The Morgan fingerprint density at radius 3 is 2.04 bits per heavy atom. The average Bonchev–Trinajstić information content (AvgIpc) is 1.63. The zero-order chi connectivity index (χ0) is 95.7. The topological polar surface area (TPSA) is 409 Å². The van der Waals surface area contributed by atoms with E-state index >= 15 is 0 Å². The number of rotatable bonds is 37. The second-order valence-corrected chi connectivity index (χ2v) is 35.1. The summed E-state index contributed by atoms with van der Waals surface area (Å²) in [7, 11) is 7.79. The number of nitrogens with zero attached hydrogens (tertiary/aromatic N) is 7. The van der Waals surface area contributed by atoms with Crippen molar-refractivity contribution in [2.45, 2.75) is 252 Å². The van der Waals surface area contributed by atoms with Crippen LogP contribution in [-0.4, -0.2) is 288 Å². The summed E-state index contributed by atoms with van der Waals surface area (Å²) in [6, 6.07) is 10.9. The Kier molecular flexibility index (Phi) is 47.5. The van der Waals surface area contributed by atoms with Crippen molar-refractivity contribution in [3.8, 4) is 11.3 Å². The van der Waals surface area contributed by atoms with Crippen LogP contribution < -0.4 is 11.5 Å². The van der Waals surface area contributed by atoms with Gasteiger partial charge in [-0.25, -0.2) is 19.4 Å². The SMILES string of the molecule is CCCOCCOCCOCCOCCOCC.CCOCCOCCC(=O)N1CCc2cc(Cn3nc(-c4ccc5oc(N)nc5c4)c4c(N)ncnc43)ccc2C1.COCCCC(=O)O[C@@H]1CC[C@@H](C[C@@H](C)[C@@H]2C[C@@H](OC)[C@H](C)/C=C(\C)[C@@H](O)[C@@H](OC)C(=O)[C@H](C)C[C@H](C)/C=C/C=C/C=C(\C)[C@@H](OC)C[C@@H]3CC[C@@H](C)[C@@](O)(O3)C(=O)C(=O)N3CCCC[C@H]3C(=O)O2)C[C@H]1OC. The summed E-state index contributed by atoms with van der Waals surface area (Å²) in [5, 5.41) is 29.3. The lowest BCUT2D eigenvalue weighted by atomic mass is 9.78. The van der Waals surface area contributed by atoms with E-state index in [0.717, 1.165) is 54.7 Å². The van der Waals surface area contributed by atoms with E-state index in [1.54, 1.807) is 42.3 Å². The van der Waals surface area contributed by atoms with Crippen molar-refractivity contribution in [1.82, 2.24) is 34.5 Å². The van der Waals surface area contributed by atoms with Gasteiger partial charge in [0.1, 0.15) is 53.8 Å². The van der Waals surface area contributed by atoms with Crippen molar-refractivity contribution in [1.29, 1.82) is 0 Å². The van der Waals surface area contributed by atoms with Crippen molar-refractivity contribution in [2.24, 2.45) is 35.5 Å². The van der Waals surface area contributed by atoms with Gasteiger partial charge in [-0.2, -0.15) is 10.1 Å². The van der Waals surface area contributed by atoms with Crippen LogP contribution in [0.25, 0.3) is 33.4 Å². The number of aromatic nitrogens is 5. The summed E-state index contributed by atoms with van der Waals surface area (Å²) in [5.74, 6) is -6.77. The number of allylic oxidation sites excluding steroid dienone is 5. The van der Waals surface area contributed by atoms with E-state index in [0.29, 0.717) is 215 Å². The summed E-state index contributed by atoms with van der Waals surface area (Å²) in [5.41, 5.74) is 20.3. The number of amides is 2. The molecule has 6 N–H and O–H groups in total. The van der Waals surface area contributed by atoms with Crippen LogP contribution in [0.2, 0.25) is 0 Å². The van der Waals surface area contributed by atoms with Gasteiger partial charge in [-0.05, 0) is 175 Å². The van der Waals surface area contributed by atoms with Crippen LogP contribution in [0.1, 0.15) is 189 Å². The number of cyclic esters (lactones) is 1. The molecule has 3 aromatic heterocycles. The number of Topliss-reactive ketones (excluding diaryl/α,β-unsaturated/α-hetero) is 2. The number of anilines is 2. The highest BCUT2D eigenvalue weighted by molar-refractivity contribution is 6.39. The smallest absolute Gasteiger partial charge is 0.329 e. The summed E-state index contributed by atoms with van der Waals surface area (Å²) in [6.07, 6.45) is 16.7. The molecule has 2 saturated heterocycles. The minimum Gasteiger partial charge on any atom is -0.460 e. The second kappa shape index (κ2) is 57.5. The first-order valence-corrected chi connectivity index (χ1v) is 47.4. The monoisotopic (exact) mass is 1850 g/mol. The number of oxazole rings is 1. The lowest BCUT2D eigenvalue weighted by Crippen LogP contribution is -2.61. The first-order chi connectivity index (χ1) is 63.6. The Morgan fingerprint density at radius 2 is 1.37 bits per heavy atom. The highest BCUT2D eigenvalue weighted by atomic mass is 16.6. The molecule has 2 bridgehead atoms. The van der Waals surface area contributed by atoms with Gasteiger partial charge in [0.15, 0.2) is 17.0 Å². The van der Waals surface area contributed by atoms with Crippen molar-refractivity contribution in [3.63, 3.8) is 0 Å². The molecule has 0 spiro atoms. The highest BCUT2D eigenvalue weighted by Crippen LogP contribution is 2.40. The highest BCUT2D eigenvalue weighted by Gasteiger charge is 2.53. The molecule has 33 nitrogen and oxygen atoms in total. The number of hydrogen-bond acceptors (Lipinski definition) is 30. The number of carbonyl (C=O) groups excluding carboxylic acids is 6. The number of nitrogen functional groups attached to an aromatic ring is 2. The molecule has 5 aromatic rings. The number of aliphatic hydroxyl groups is 2. The molecule has 0 unspecified atom stereocenters. The third-order valence-electron chi connectivity index (χ3n) is 25.2. The number of ether oxygens (including phenoxy) is 15. The molecule has 33 heteroatoms. The summed E-state index contributed by atoms with van der Waals surface area (Å²) in [6.45, 7) is 30.2. The standard InChI is InChI=1S/C57H91NO15.C29H32N8O4.C13H28O5/c1-35-19-14-13-15-20-36(2)46(67-9)33-43-25-23-41(7)57(65,73-43)54(62)55(63)58-27-17-16-21-44(58)56(64)72-48(34-47(68-10)37(3)30-40(6)52(61)53(70-12)51(60)39(5)29-35)38(4)31-42-24-26-45(49(32-42)69-11)71-50(59)22-18-28-66-8;1-2-39-11-12-40-10-8-24(38)36-9-7-19-13-18(3-4-21(19)16-36)15-37-28-25(27(30)32-17-33-28)26(35-37)20-5-6-23-22(14-20)34-29(31)41-23;1-3-5-15-8-9-17-12-13-18-11-10-16-7-6-14-4-2/h13-15,19-20,30,35,37-39,41-49,52-53,61,65H,16-18,21-29,31-34H2,1-12H3;3-6,13-14,17H,2,7-12,15-16H2,1H3,(H2,31,34)(H2,30,32,33);3-13H2,1-2H3/b15-13+,19-14+,36-20+,40-30+;;/t35-,37-,38-,39-,41-,42+,43+,44+,45-,46+,47-,48+,49-,52-,53+,57-;;/m1../s1. The largest absolute Gasteiger partial charge is 0.460 e. The molecule has 4 aliphatic heterocycles. The predicted octanol–water partition coefficient (Wildman–Crippen LogP) is 12.3. The van der Waals surface area contributed by atoms with Crippen molar-refractivity contribution >= 4 is 69.3 Å². The third kappa shape index (κ3) is 33.3. The number of piperidine rings is 1. The number of carbonyl (C=O) groups is 6. The quantitative estimate of drug-likeness (QED) is 0.0124. The Morgan fingerprint density at radius 1 is 0.682 bits per heavy atom. The summed E-state index contributed by atoms with van der Waals surface area (Å²) < 4.78 is 91.7. The van der Waals surface area contributed by atoms with Gasteiger partial charge in [0.25, 0.3) is 17.7 Å². The van der Waals surface area contributed by atoms with Crippen LogP contribution in [0.5, 0.6) is 0 Å². The summed E-state index contributed by atoms with van der Waals surface area (Å²) in [4.78, 5) is 98.8. The molecule has 10 rings (SSSR count). The van der Waals surface area contributed by atoms with Gasteiger partial charge in [-0.3, -0.25) is 24.0 Å². The fourth-order valence-corrected chi connectivity index (χ4v) is 17.6. The lowest BCUT2D eigenvalue weighted by molar-refractivity contribution is -0.265. The van der Waals surface area contributed by atoms with Crippen LogP contribution in [0, 0.1) is 35.5 Å². The van der Waals surface area contributed by atoms with Crippen LogP contribution in [0.15, 0.2) is 94.7 Å². The van der Waals surface area contributed by atoms with Gasteiger partial charge >= 0.3 is 11.9 Å². The van der Waals surface area contributed by atoms with Crippen LogP contribution >= 0.6 is 0 Å². The number of esters is 2. The maximum absolute atomic E-state index is 14.7. The van der Waals surface area contributed by atoms with Crippen LogP contribution in [0.4, 0.5) is 11.8 Å². The molecule has 16 atom stereocenters. The molecule has 3 fully saturated rings. The lowest BCUT2D eigenvalue weighted by Gasteiger charge is -2.43. The number of benzene rings is 2. The zero-order valence-corrected chi connectivity index (χ0v) is 80.8. The van der Waals surface area contributed by atoms with Gasteiger partial charge in [-0.15, -0.1) is 0 Å². The Hall–Kier alpha value is -8.36. The maximum Gasteiger partial charge on any atom is 0.329 e. The van der Waals surface area contributed by atoms with E-state index in [-0.39, 0.29) is 79.3 Å². The van der Waals surface area contributed by atoms with E-state index < -0.39 is 84.1 Å². The third-order valence-corrected chi connectivity index (χ3v) is 25.2. The normalized spacial score (nSPS) is 26.7. The molecule has 7 heterocycles. The number of fused-ring (bicyclic) bond motifs is 6. The zero-order valence-electron chi connectivity index (χ0n) is 80.8. The number of aliphatic hydroxyl groups excluding tert-OH is 1. The van der Waals surface area contributed by atoms with E-state index in [1.165, 1.54) is 23.9 Å². The molecular formula is C99H151N9O24. The van der Waals surface area contributed by atoms with Gasteiger partial charge in [0.05, 0.1) is 115 Å². The van der Waals surface area contributed by atoms with Gasteiger partial charge in [0.2, 0.25) is 11.7 Å². The molecular weight excluding hydrogens is 1700 g/mol. The fraction of sp³-hybridized carbons (Fsp3) is 0.677. The van der Waals surface area contributed by atoms with Crippen LogP contribution in [-0.2, 0) is 119 Å².